The van der Waals surface area contributed by atoms with Crippen LogP contribution in [0.4, 0.5) is 0 Å². The molecule has 0 saturated carbocycles. The standard InChI is InChI=1S/C17H22N2O2/c1-13-4-8-15(19(13)2)12-18-17(20)11-7-14-5-9-16(21-3)10-6-14/h4-6,8-10H,7,11-12H2,1-3H3,(H,18,20). The van der Waals surface area contributed by atoms with Gasteiger partial charge in [-0.05, 0) is 43.2 Å². The highest BCUT2D eigenvalue weighted by atomic mass is 16.5. The zero-order valence-corrected chi connectivity index (χ0v) is 12.8. The number of hydrogen-bond donors (Lipinski definition) is 1. The summed E-state index contributed by atoms with van der Waals surface area (Å²) < 4.78 is 7.20. The van der Waals surface area contributed by atoms with E-state index in [1.807, 2.05) is 37.4 Å². The molecule has 1 aromatic heterocycles. The normalized spacial score (nSPS) is 10.4. The van der Waals surface area contributed by atoms with E-state index in [1.54, 1.807) is 7.11 Å². The maximum absolute atomic E-state index is 11.9. The van der Waals surface area contributed by atoms with E-state index in [1.165, 1.54) is 5.69 Å². The molecule has 1 N–H and O–H groups in total. The lowest BCUT2D eigenvalue weighted by Gasteiger charge is -2.08. The van der Waals surface area contributed by atoms with Gasteiger partial charge in [0.1, 0.15) is 5.75 Å². The monoisotopic (exact) mass is 286 g/mol. The summed E-state index contributed by atoms with van der Waals surface area (Å²) in [6.07, 6.45) is 1.23. The van der Waals surface area contributed by atoms with Crippen LogP contribution in [0, 0.1) is 6.92 Å². The summed E-state index contributed by atoms with van der Waals surface area (Å²) in [6, 6.07) is 11.9. The van der Waals surface area contributed by atoms with Crippen LogP contribution in [0.15, 0.2) is 36.4 Å². The molecule has 0 spiro atoms. The Labute approximate surface area is 125 Å². The summed E-state index contributed by atoms with van der Waals surface area (Å²) in [6.45, 7) is 2.63. The van der Waals surface area contributed by atoms with Crippen LogP contribution >= 0.6 is 0 Å². The number of benzene rings is 1. The van der Waals surface area contributed by atoms with Crippen LogP contribution in [0.2, 0.25) is 0 Å². The second-order valence-corrected chi connectivity index (χ2v) is 5.15. The van der Waals surface area contributed by atoms with E-state index < -0.39 is 0 Å². The fourth-order valence-corrected chi connectivity index (χ4v) is 2.17. The Balaban J connectivity index is 1.78. The van der Waals surface area contributed by atoms with E-state index in [4.69, 9.17) is 4.74 Å². The number of carbonyl (C=O) groups excluding carboxylic acids is 1. The Kier molecular flexibility index (Phi) is 5.04. The van der Waals surface area contributed by atoms with Crippen LogP contribution in [-0.2, 0) is 24.8 Å². The van der Waals surface area contributed by atoms with Gasteiger partial charge in [0, 0.05) is 24.9 Å². The van der Waals surface area contributed by atoms with Crippen molar-refractivity contribution in [3.8, 4) is 5.75 Å². The molecule has 2 aromatic rings. The summed E-state index contributed by atoms with van der Waals surface area (Å²) in [5.41, 5.74) is 3.45. The van der Waals surface area contributed by atoms with Gasteiger partial charge >= 0.3 is 0 Å². The van der Waals surface area contributed by atoms with Gasteiger partial charge in [-0.1, -0.05) is 12.1 Å². The number of carbonyl (C=O) groups is 1. The molecule has 21 heavy (non-hydrogen) atoms. The number of hydrogen-bond acceptors (Lipinski definition) is 2. The molecular weight excluding hydrogens is 264 g/mol. The fraction of sp³-hybridized carbons (Fsp3) is 0.353. The molecule has 0 saturated heterocycles. The van der Waals surface area contributed by atoms with Gasteiger partial charge in [-0.3, -0.25) is 4.79 Å². The van der Waals surface area contributed by atoms with Crippen LogP contribution in [0.3, 0.4) is 0 Å². The molecule has 112 valence electrons. The lowest BCUT2D eigenvalue weighted by Crippen LogP contribution is -2.24. The van der Waals surface area contributed by atoms with Crippen molar-refractivity contribution in [3.05, 3.63) is 53.3 Å². The Morgan fingerprint density at radius 2 is 1.90 bits per heavy atom. The van der Waals surface area contributed by atoms with Crippen molar-refractivity contribution in [1.29, 1.82) is 0 Å². The average Bonchev–Trinajstić information content (AvgIpc) is 2.83. The van der Waals surface area contributed by atoms with Crippen molar-refractivity contribution in [2.24, 2.45) is 7.05 Å². The minimum absolute atomic E-state index is 0.0738. The van der Waals surface area contributed by atoms with Gasteiger partial charge in [0.05, 0.1) is 13.7 Å². The molecule has 1 heterocycles. The number of nitrogens with zero attached hydrogens (tertiary/aromatic N) is 1. The molecule has 0 aliphatic carbocycles. The van der Waals surface area contributed by atoms with Crippen molar-refractivity contribution in [1.82, 2.24) is 9.88 Å². The van der Waals surface area contributed by atoms with Gasteiger partial charge < -0.3 is 14.6 Å². The summed E-state index contributed by atoms with van der Waals surface area (Å²) in [5.74, 6) is 0.909. The van der Waals surface area contributed by atoms with Gasteiger partial charge in [0.25, 0.3) is 0 Å². The van der Waals surface area contributed by atoms with Crippen LogP contribution in [-0.4, -0.2) is 17.6 Å². The molecule has 0 fully saturated rings. The first-order valence-corrected chi connectivity index (χ1v) is 7.11. The molecule has 0 aliphatic heterocycles. The first-order chi connectivity index (χ1) is 10.1. The van der Waals surface area contributed by atoms with Gasteiger partial charge in [-0.2, -0.15) is 0 Å². The molecule has 0 bridgehead atoms. The fourth-order valence-electron chi connectivity index (χ4n) is 2.17. The zero-order valence-electron chi connectivity index (χ0n) is 12.8. The van der Waals surface area contributed by atoms with Crippen molar-refractivity contribution in [3.63, 3.8) is 0 Å². The Bertz CT molecular complexity index is 600. The zero-order chi connectivity index (χ0) is 15.2. The predicted octanol–water partition coefficient (Wildman–Crippen LogP) is 2.59. The molecule has 1 aromatic carbocycles. The van der Waals surface area contributed by atoms with Crippen molar-refractivity contribution >= 4 is 5.91 Å². The molecule has 2 rings (SSSR count). The van der Waals surface area contributed by atoms with Crippen molar-refractivity contribution in [2.45, 2.75) is 26.3 Å². The molecular formula is C17H22N2O2. The molecule has 1 amide bonds. The van der Waals surface area contributed by atoms with Crippen molar-refractivity contribution in [2.75, 3.05) is 7.11 Å². The summed E-state index contributed by atoms with van der Waals surface area (Å²) in [7, 11) is 3.65. The Morgan fingerprint density at radius 3 is 2.48 bits per heavy atom. The van der Waals surface area contributed by atoms with E-state index in [2.05, 4.69) is 22.9 Å². The minimum atomic E-state index is 0.0738. The molecule has 4 heteroatoms. The van der Waals surface area contributed by atoms with E-state index in [-0.39, 0.29) is 5.91 Å². The minimum Gasteiger partial charge on any atom is -0.497 e. The van der Waals surface area contributed by atoms with Gasteiger partial charge in [0.2, 0.25) is 5.91 Å². The number of aryl methyl sites for hydroxylation is 2. The lowest BCUT2D eigenvalue weighted by molar-refractivity contribution is -0.121. The summed E-state index contributed by atoms with van der Waals surface area (Å²) in [5, 5.41) is 2.96. The Morgan fingerprint density at radius 1 is 1.19 bits per heavy atom. The highest BCUT2D eigenvalue weighted by molar-refractivity contribution is 5.76. The van der Waals surface area contributed by atoms with Gasteiger partial charge in [-0.15, -0.1) is 0 Å². The number of aromatic nitrogens is 1. The molecule has 0 aliphatic rings. The van der Waals surface area contributed by atoms with E-state index in [9.17, 15) is 4.79 Å². The summed E-state index contributed by atoms with van der Waals surface area (Å²) >= 11 is 0. The second kappa shape index (κ2) is 6.97. The first-order valence-electron chi connectivity index (χ1n) is 7.11. The number of amides is 1. The highest BCUT2D eigenvalue weighted by Crippen LogP contribution is 2.12. The largest absolute Gasteiger partial charge is 0.497 e. The lowest BCUT2D eigenvalue weighted by atomic mass is 10.1. The topological polar surface area (TPSA) is 43.3 Å². The second-order valence-electron chi connectivity index (χ2n) is 5.15. The van der Waals surface area contributed by atoms with E-state index >= 15 is 0 Å². The maximum Gasteiger partial charge on any atom is 0.220 e. The van der Waals surface area contributed by atoms with Crippen LogP contribution in [0.5, 0.6) is 5.75 Å². The molecule has 4 nitrogen and oxygen atoms in total. The average molecular weight is 286 g/mol. The number of methoxy groups -OCH3 is 1. The summed E-state index contributed by atoms with van der Waals surface area (Å²) in [4.78, 5) is 11.9. The van der Waals surface area contributed by atoms with Gasteiger partial charge in [-0.25, -0.2) is 0 Å². The van der Waals surface area contributed by atoms with E-state index in [0.29, 0.717) is 13.0 Å². The highest BCUT2D eigenvalue weighted by Gasteiger charge is 2.05. The quantitative estimate of drug-likeness (QED) is 0.887. The third kappa shape index (κ3) is 4.12. The van der Waals surface area contributed by atoms with Crippen LogP contribution < -0.4 is 10.1 Å². The van der Waals surface area contributed by atoms with Crippen molar-refractivity contribution < 1.29 is 9.53 Å². The van der Waals surface area contributed by atoms with Crippen LogP contribution in [0.1, 0.15) is 23.4 Å². The number of ether oxygens (including phenoxy) is 1. The predicted molar refractivity (Wildman–Crippen MR) is 83.3 cm³/mol. The molecule has 0 atom stereocenters. The van der Waals surface area contributed by atoms with Gasteiger partial charge in [0.15, 0.2) is 0 Å². The maximum atomic E-state index is 11.9. The van der Waals surface area contributed by atoms with E-state index in [0.717, 1.165) is 23.4 Å². The number of rotatable bonds is 6. The SMILES string of the molecule is COc1ccc(CCC(=O)NCc2ccc(C)n2C)cc1. The first kappa shape index (κ1) is 15.2. The third-order valence-electron chi connectivity index (χ3n) is 3.74. The number of nitrogens with one attached hydrogen (secondary N) is 1. The Hall–Kier alpha value is -2.23. The smallest absolute Gasteiger partial charge is 0.220 e. The van der Waals surface area contributed by atoms with Crippen LogP contribution in [0.25, 0.3) is 0 Å². The molecule has 0 unspecified atom stereocenters. The third-order valence-corrected chi connectivity index (χ3v) is 3.74. The molecule has 0 radical (unpaired) electrons.